The summed E-state index contributed by atoms with van der Waals surface area (Å²) in [6, 6.07) is 3.26. The van der Waals surface area contributed by atoms with Gasteiger partial charge in [-0.05, 0) is 25.0 Å². The Labute approximate surface area is 109 Å². The number of aromatic nitrogens is 2. The molecule has 94 valence electrons. The van der Waals surface area contributed by atoms with Gasteiger partial charge < -0.3 is 5.11 Å². The van der Waals surface area contributed by atoms with Gasteiger partial charge in [-0.25, -0.2) is 9.78 Å². The third-order valence-corrected chi connectivity index (χ3v) is 3.82. The van der Waals surface area contributed by atoms with Crippen LogP contribution in [0, 0.1) is 0 Å². The molecule has 0 bridgehead atoms. The molecule has 5 heteroatoms. The molecule has 0 atom stereocenters. The van der Waals surface area contributed by atoms with Crippen LogP contribution in [0.1, 0.15) is 47.8 Å². The molecule has 0 spiro atoms. The second-order valence-corrected chi connectivity index (χ2v) is 5.17. The highest BCUT2D eigenvalue weighted by Crippen LogP contribution is 2.36. The van der Waals surface area contributed by atoms with Gasteiger partial charge >= 0.3 is 5.97 Å². The maximum Gasteiger partial charge on any atom is 0.352 e. The molecule has 1 aliphatic rings. The third-order valence-electron chi connectivity index (χ3n) is 3.60. The predicted molar refractivity (Wildman–Crippen MR) is 68.4 cm³/mol. The maximum atomic E-state index is 11.2. The molecule has 0 radical (unpaired) electrons. The Hall–Kier alpha value is -1.55. The van der Waals surface area contributed by atoms with Gasteiger partial charge in [-0.3, -0.25) is 4.40 Å². The minimum atomic E-state index is -0.988. The number of carboxylic acids is 1. The summed E-state index contributed by atoms with van der Waals surface area (Å²) < 4.78 is 1.61. The van der Waals surface area contributed by atoms with Crippen LogP contribution in [0.5, 0.6) is 0 Å². The molecule has 1 N–H and O–H groups in total. The Bertz CT molecular complexity index is 615. The van der Waals surface area contributed by atoms with E-state index in [2.05, 4.69) is 4.98 Å². The minimum absolute atomic E-state index is 0.161. The van der Waals surface area contributed by atoms with Gasteiger partial charge in [0.05, 0.1) is 11.2 Å². The number of carboxylic acid groups (broad SMARTS) is 1. The van der Waals surface area contributed by atoms with Crippen molar-refractivity contribution in [3.05, 3.63) is 34.9 Å². The van der Waals surface area contributed by atoms with Gasteiger partial charge in [0.2, 0.25) is 0 Å². The molecule has 18 heavy (non-hydrogen) atoms. The van der Waals surface area contributed by atoms with E-state index >= 15 is 0 Å². The molecule has 2 aromatic rings. The molecular formula is C13H13ClN2O2. The first-order valence-electron chi connectivity index (χ1n) is 6.06. The van der Waals surface area contributed by atoms with Crippen LogP contribution >= 0.6 is 11.6 Å². The summed E-state index contributed by atoms with van der Waals surface area (Å²) in [6.07, 6.45) is 6.28. The number of halogens is 1. The van der Waals surface area contributed by atoms with Crippen LogP contribution < -0.4 is 0 Å². The van der Waals surface area contributed by atoms with E-state index in [-0.39, 0.29) is 5.69 Å². The lowest BCUT2D eigenvalue weighted by atomic mass is 10.0. The summed E-state index contributed by atoms with van der Waals surface area (Å²) in [5.41, 5.74) is 1.97. The summed E-state index contributed by atoms with van der Waals surface area (Å²) in [5, 5.41) is 9.62. The lowest BCUT2D eigenvalue weighted by Crippen LogP contribution is -2.04. The molecule has 1 saturated carbocycles. The molecule has 4 nitrogen and oxygen atoms in total. The average molecular weight is 265 g/mol. The Morgan fingerprint density at radius 2 is 2.11 bits per heavy atom. The van der Waals surface area contributed by atoms with Crippen LogP contribution in [0.15, 0.2) is 18.5 Å². The zero-order valence-electron chi connectivity index (χ0n) is 9.77. The SMILES string of the molecule is O=C(O)c1cc(Cl)cc2c(C3CCCC3)ncn12. The number of hydrogen-bond acceptors (Lipinski definition) is 2. The standard InChI is InChI=1S/C13H13ClN2O2/c14-9-5-10-12(8-3-1-2-4-8)15-7-16(10)11(6-9)13(17)18/h5-8H,1-4H2,(H,17,18). The Kier molecular flexibility index (Phi) is 2.74. The summed E-state index contributed by atoms with van der Waals surface area (Å²) in [6.45, 7) is 0. The highest BCUT2D eigenvalue weighted by molar-refractivity contribution is 6.31. The first kappa shape index (κ1) is 11.5. The summed E-state index contributed by atoms with van der Waals surface area (Å²) >= 11 is 6.00. The van der Waals surface area contributed by atoms with Crippen LogP contribution in [-0.4, -0.2) is 20.5 Å². The molecule has 0 aromatic carbocycles. The van der Waals surface area contributed by atoms with Gasteiger partial charge in [0.15, 0.2) is 0 Å². The van der Waals surface area contributed by atoms with Crippen molar-refractivity contribution in [2.45, 2.75) is 31.6 Å². The monoisotopic (exact) mass is 264 g/mol. The Morgan fingerprint density at radius 1 is 1.39 bits per heavy atom. The summed E-state index contributed by atoms with van der Waals surface area (Å²) in [4.78, 5) is 15.6. The zero-order chi connectivity index (χ0) is 12.7. The van der Waals surface area contributed by atoms with E-state index in [4.69, 9.17) is 11.6 Å². The van der Waals surface area contributed by atoms with E-state index in [1.54, 1.807) is 16.8 Å². The number of carbonyl (C=O) groups is 1. The van der Waals surface area contributed by atoms with Crippen LogP contribution in [0.25, 0.3) is 5.52 Å². The lowest BCUT2D eigenvalue weighted by Gasteiger charge is -2.07. The second kappa shape index (κ2) is 4.28. The molecule has 2 heterocycles. The van der Waals surface area contributed by atoms with Crippen molar-refractivity contribution in [3.63, 3.8) is 0 Å². The second-order valence-electron chi connectivity index (χ2n) is 4.73. The van der Waals surface area contributed by atoms with Crippen molar-refractivity contribution in [3.8, 4) is 0 Å². The molecule has 0 amide bonds. The number of hydrogen-bond donors (Lipinski definition) is 1. The van der Waals surface area contributed by atoms with E-state index in [9.17, 15) is 9.90 Å². The largest absolute Gasteiger partial charge is 0.477 e. The normalized spacial score (nSPS) is 16.5. The minimum Gasteiger partial charge on any atom is -0.477 e. The van der Waals surface area contributed by atoms with Crippen LogP contribution in [0.4, 0.5) is 0 Å². The first-order chi connectivity index (χ1) is 8.66. The van der Waals surface area contributed by atoms with E-state index in [0.717, 1.165) is 24.1 Å². The molecule has 0 saturated heterocycles. The van der Waals surface area contributed by atoms with Gasteiger partial charge in [-0.2, -0.15) is 0 Å². The molecule has 1 aliphatic carbocycles. The number of nitrogens with zero attached hydrogens (tertiary/aromatic N) is 2. The summed E-state index contributed by atoms with van der Waals surface area (Å²) in [7, 11) is 0. The van der Waals surface area contributed by atoms with Crippen LogP contribution in [-0.2, 0) is 0 Å². The van der Waals surface area contributed by atoms with E-state index in [1.807, 2.05) is 0 Å². The van der Waals surface area contributed by atoms with Crippen molar-refractivity contribution in [1.29, 1.82) is 0 Å². The molecule has 2 aromatic heterocycles. The smallest absolute Gasteiger partial charge is 0.352 e. The molecule has 0 aliphatic heterocycles. The maximum absolute atomic E-state index is 11.2. The fraction of sp³-hybridized carbons (Fsp3) is 0.385. The van der Waals surface area contributed by atoms with Crippen molar-refractivity contribution >= 4 is 23.1 Å². The van der Waals surface area contributed by atoms with Crippen molar-refractivity contribution in [2.24, 2.45) is 0 Å². The third kappa shape index (κ3) is 1.77. The van der Waals surface area contributed by atoms with Gasteiger partial charge in [0.25, 0.3) is 0 Å². The molecule has 3 rings (SSSR count). The molecule has 1 fully saturated rings. The number of rotatable bonds is 2. The number of pyridine rings is 1. The van der Waals surface area contributed by atoms with Crippen molar-refractivity contribution in [2.75, 3.05) is 0 Å². The predicted octanol–water partition coefficient (Wildman–Crippen LogP) is 3.34. The van der Waals surface area contributed by atoms with Crippen molar-refractivity contribution in [1.82, 2.24) is 9.38 Å². The van der Waals surface area contributed by atoms with Crippen molar-refractivity contribution < 1.29 is 9.90 Å². The number of aromatic carboxylic acids is 1. The van der Waals surface area contributed by atoms with E-state index < -0.39 is 5.97 Å². The van der Waals surface area contributed by atoms with E-state index in [0.29, 0.717) is 10.9 Å². The van der Waals surface area contributed by atoms with Crippen LogP contribution in [0.3, 0.4) is 0 Å². The van der Waals surface area contributed by atoms with Gasteiger partial charge in [-0.15, -0.1) is 0 Å². The summed E-state index contributed by atoms with van der Waals surface area (Å²) in [5.74, 6) is -0.548. The first-order valence-corrected chi connectivity index (χ1v) is 6.44. The highest BCUT2D eigenvalue weighted by atomic mass is 35.5. The topological polar surface area (TPSA) is 54.6 Å². The Balaban J connectivity index is 2.20. The average Bonchev–Trinajstić information content (AvgIpc) is 2.94. The lowest BCUT2D eigenvalue weighted by molar-refractivity contribution is 0.0689. The molecular weight excluding hydrogens is 252 g/mol. The van der Waals surface area contributed by atoms with Gasteiger partial charge in [-0.1, -0.05) is 24.4 Å². The number of imidazole rings is 1. The van der Waals surface area contributed by atoms with Gasteiger partial charge in [0.1, 0.15) is 12.0 Å². The fourth-order valence-electron chi connectivity index (χ4n) is 2.76. The Morgan fingerprint density at radius 3 is 2.78 bits per heavy atom. The molecule has 0 unspecified atom stereocenters. The highest BCUT2D eigenvalue weighted by Gasteiger charge is 2.23. The number of fused-ring (bicyclic) bond motifs is 1. The fourth-order valence-corrected chi connectivity index (χ4v) is 2.96. The zero-order valence-corrected chi connectivity index (χ0v) is 10.5. The van der Waals surface area contributed by atoms with E-state index in [1.165, 1.54) is 18.9 Å². The van der Waals surface area contributed by atoms with Gasteiger partial charge in [0, 0.05) is 10.9 Å². The van der Waals surface area contributed by atoms with Crippen LogP contribution in [0.2, 0.25) is 5.02 Å². The quantitative estimate of drug-likeness (QED) is 0.905.